The highest BCUT2D eigenvalue weighted by molar-refractivity contribution is 9.11. The van der Waals surface area contributed by atoms with Gasteiger partial charge < -0.3 is 14.4 Å². The molecule has 1 heterocycles. The monoisotopic (exact) mass is 540 g/mol. The summed E-state index contributed by atoms with van der Waals surface area (Å²) in [5.74, 6) is 0.0622. The van der Waals surface area contributed by atoms with Gasteiger partial charge in [-0.1, -0.05) is 22.0 Å². The molecule has 158 valence electrons. The van der Waals surface area contributed by atoms with Gasteiger partial charge in [0.2, 0.25) is 0 Å². The first kappa shape index (κ1) is 22.2. The van der Waals surface area contributed by atoms with Crippen molar-refractivity contribution >= 4 is 55.4 Å². The van der Waals surface area contributed by atoms with Gasteiger partial charge in [-0.05, 0) is 40.2 Å². The molecule has 11 heteroatoms. The summed E-state index contributed by atoms with van der Waals surface area (Å²) in [6, 6.07) is 10.1. The lowest BCUT2D eigenvalue weighted by Gasteiger charge is -2.28. The molecule has 0 radical (unpaired) electrons. The Balaban J connectivity index is 1.59. The maximum Gasteiger partial charge on any atom is 0.293 e. The average molecular weight is 542 g/mol. The van der Waals surface area contributed by atoms with Crippen LogP contribution in [0.15, 0.2) is 50.4 Å². The van der Waals surface area contributed by atoms with Crippen molar-refractivity contribution in [3.8, 4) is 5.75 Å². The van der Waals surface area contributed by atoms with E-state index >= 15 is 0 Å². The second-order valence-electron chi connectivity index (χ2n) is 6.26. The zero-order chi connectivity index (χ0) is 21.5. The summed E-state index contributed by atoms with van der Waals surface area (Å²) >= 11 is 6.69. The molecule has 0 atom stereocenters. The zero-order valence-electron chi connectivity index (χ0n) is 15.7. The van der Waals surface area contributed by atoms with Crippen LogP contribution < -0.4 is 15.1 Å². The quantitative estimate of drug-likeness (QED) is 0.327. The Bertz CT molecular complexity index is 964. The van der Waals surface area contributed by atoms with Gasteiger partial charge in [0.25, 0.3) is 11.6 Å². The predicted octanol–water partition coefficient (Wildman–Crippen LogP) is 3.49. The number of rotatable bonds is 7. The van der Waals surface area contributed by atoms with E-state index in [0.29, 0.717) is 47.8 Å². The third kappa shape index (κ3) is 6.00. The Kier molecular flexibility index (Phi) is 7.77. The van der Waals surface area contributed by atoms with Gasteiger partial charge in [-0.2, -0.15) is 5.10 Å². The maximum atomic E-state index is 11.9. The van der Waals surface area contributed by atoms with E-state index in [9.17, 15) is 14.9 Å². The number of carbonyl (C=O) groups excluding carboxylic acids is 1. The zero-order valence-corrected chi connectivity index (χ0v) is 18.9. The van der Waals surface area contributed by atoms with Crippen LogP contribution in [0.2, 0.25) is 0 Å². The molecule has 9 nitrogen and oxygen atoms in total. The molecule has 0 saturated carbocycles. The lowest BCUT2D eigenvalue weighted by Crippen LogP contribution is -2.36. The lowest BCUT2D eigenvalue weighted by atomic mass is 10.1. The molecule has 1 fully saturated rings. The second kappa shape index (κ2) is 10.5. The fourth-order valence-corrected chi connectivity index (χ4v) is 3.95. The van der Waals surface area contributed by atoms with Crippen molar-refractivity contribution in [2.24, 2.45) is 5.10 Å². The third-order valence-electron chi connectivity index (χ3n) is 4.20. The highest BCUT2D eigenvalue weighted by Gasteiger charge is 2.21. The van der Waals surface area contributed by atoms with E-state index in [4.69, 9.17) is 9.47 Å². The summed E-state index contributed by atoms with van der Waals surface area (Å²) in [6.45, 7) is 2.03. The van der Waals surface area contributed by atoms with Crippen molar-refractivity contribution in [2.45, 2.75) is 0 Å². The number of nitrogens with one attached hydrogen (secondary N) is 1. The first-order chi connectivity index (χ1) is 14.4. The molecular formula is C19H18Br2N4O5. The largest absolute Gasteiger partial charge is 0.483 e. The Hall–Kier alpha value is -2.50. The van der Waals surface area contributed by atoms with Crippen LogP contribution in [0, 0.1) is 10.1 Å². The van der Waals surface area contributed by atoms with Gasteiger partial charge in [0.05, 0.1) is 28.8 Å². The van der Waals surface area contributed by atoms with Crippen LogP contribution in [-0.2, 0) is 9.53 Å². The number of nitrogens with zero attached hydrogens (tertiary/aromatic N) is 3. The van der Waals surface area contributed by atoms with Crippen LogP contribution in [-0.4, -0.2) is 50.0 Å². The molecule has 0 unspecified atom stereocenters. The number of ether oxygens (including phenoxy) is 2. The topological polar surface area (TPSA) is 106 Å². The standard InChI is InChI=1S/C19H18Br2N4O5/c20-14-2-4-18(15(21)10-14)30-12-19(26)23-22-11-13-1-3-16(17(9-13)25(27)28)24-5-7-29-8-6-24/h1-4,9-11H,5-8,12H2,(H,23,26)/b22-11+. The third-order valence-corrected chi connectivity index (χ3v) is 5.32. The molecule has 1 saturated heterocycles. The number of hydrazone groups is 1. The molecule has 1 amide bonds. The highest BCUT2D eigenvalue weighted by Crippen LogP contribution is 2.30. The lowest BCUT2D eigenvalue weighted by molar-refractivity contribution is -0.384. The molecule has 0 bridgehead atoms. The smallest absolute Gasteiger partial charge is 0.293 e. The minimum atomic E-state index is -0.458. The number of benzene rings is 2. The Morgan fingerprint density at radius 2 is 2.03 bits per heavy atom. The van der Waals surface area contributed by atoms with Crippen LogP contribution in [0.1, 0.15) is 5.56 Å². The first-order valence-corrected chi connectivity index (χ1v) is 10.5. The summed E-state index contributed by atoms with van der Waals surface area (Å²) in [4.78, 5) is 24.9. The molecule has 30 heavy (non-hydrogen) atoms. The molecule has 1 N–H and O–H groups in total. The normalized spacial score (nSPS) is 14.0. The number of hydrogen-bond donors (Lipinski definition) is 1. The van der Waals surface area contributed by atoms with Gasteiger partial charge in [0.1, 0.15) is 11.4 Å². The van der Waals surface area contributed by atoms with Crippen LogP contribution in [0.25, 0.3) is 0 Å². The van der Waals surface area contributed by atoms with Crippen molar-refractivity contribution in [1.82, 2.24) is 5.43 Å². The number of morpholine rings is 1. The summed E-state index contributed by atoms with van der Waals surface area (Å²) in [6.07, 6.45) is 1.35. The molecule has 1 aliphatic heterocycles. The Labute approximate surface area is 189 Å². The number of nitro benzene ring substituents is 1. The van der Waals surface area contributed by atoms with Gasteiger partial charge in [-0.3, -0.25) is 14.9 Å². The fraction of sp³-hybridized carbons (Fsp3) is 0.263. The number of anilines is 1. The summed E-state index contributed by atoms with van der Waals surface area (Å²) in [7, 11) is 0. The van der Waals surface area contributed by atoms with E-state index in [0.717, 1.165) is 4.47 Å². The minimum absolute atomic E-state index is 0.0180. The number of hydrogen-bond acceptors (Lipinski definition) is 7. The van der Waals surface area contributed by atoms with Crippen LogP contribution in [0.3, 0.4) is 0 Å². The summed E-state index contributed by atoms with van der Waals surface area (Å²) in [5, 5.41) is 15.3. The van der Waals surface area contributed by atoms with Crippen LogP contribution >= 0.6 is 31.9 Å². The van der Waals surface area contributed by atoms with E-state index < -0.39 is 10.8 Å². The molecule has 1 aliphatic rings. The number of amides is 1. The fourth-order valence-electron chi connectivity index (χ4n) is 2.79. The van der Waals surface area contributed by atoms with Crippen molar-refractivity contribution in [3.63, 3.8) is 0 Å². The van der Waals surface area contributed by atoms with E-state index in [1.807, 2.05) is 4.90 Å². The number of nitro groups is 1. The molecule has 2 aromatic rings. The molecular weight excluding hydrogens is 524 g/mol. The molecule has 2 aromatic carbocycles. The molecule has 3 rings (SSSR count). The maximum absolute atomic E-state index is 11.9. The predicted molar refractivity (Wildman–Crippen MR) is 119 cm³/mol. The SMILES string of the molecule is O=C(COc1ccc(Br)cc1Br)N/N=C/c1ccc(N2CCOCC2)c([N+](=O)[O-])c1. The van der Waals surface area contributed by atoms with E-state index in [-0.39, 0.29) is 12.3 Å². The average Bonchev–Trinajstić information content (AvgIpc) is 2.73. The number of halogens is 2. The van der Waals surface area contributed by atoms with Gasteiger partial charge >= 0.3 is 0 Å². The Morgan fingerprint density at radius 1 is 1.27 bits per heavy atom. The van der Waals surface area contributed by atoms with Gasteiger partial charge in [-0.25, -0.2) is 5.43 Å². The van der Waals surface area contributed by atoms with Crippen molar-refractivity contribution in [3.05, 3.63) is 61.0 Å². The molecule has 0 spiro atoms. The van der Waals surface area contributed by atoms with Crippen LogP contribution in [0.5, 0.6) is 5.75 Å². The van der Waals surface area contributed by atoms with Gasteiger partial charge in [0, 0.05) is 29.2 Å². The van der Waals surface area contributed by atoms with E-state index in [1.54, 1.807) is 30.3 Å². The van der Waals surface area contributed by atoms with E-state index in [1.165, 1.54) is 12.3 Å². The summed E-state index contributed by atoms with van der Waals surface area (Å²) in [5.41, 5.74) is 3.36. The van der Waals surface area contributed by atoms with Crippen LogP contribution in [0.4, 0.5) is 11.4 Å². The van der Waals surface area contributed by atoms with Crippen molar-refractivity contribution < 1.29 is 19.2 Å². The summed E-state index contributed by atoms with van der Waals surface area (Å²) < 4.78 is 12.3. The molecule has 0 aliphatic carbocycles. The molecule has 0 aromatic heterocycles. The second-order valence-corrected chi connectivity index (χ2v) is 8.03. The minimum Gasteiger partial charge on any atom is -0.483 e. The highest BCUT2D eigenvalue weighted by atomic mass is 79.9. The Morgan fingerprint density at radius 3 is 2.73 bits per heavy atom. The van der Waals surface area contributed by atoms with Gasteiger partial charge in [0.15, 0.2) is 6.61 Å². The van der Waals surface area contributed by atoms with Crippen molar-refractivity contribution in [2.75, 3.05) is 37.8 Å². The first-order valence-electron chi connectivity index (χ1n) is 8.95. The van der Waals surface area contributed by atoms with E-state index in [2.05, 4.69) is 42.4 Å². The van der Waals surface area contributed by atoms with Crippen molar-refractivity contribution in [1.29, 1.82) is 0 Å². The number of carbonyl (C=O) groups is 1. The van der Waals surface area contributed by atoms with Gasteiger partial charge in [-0.15, -0.1) is 0 Å².